The molecule has 2 aromatic heterocycles. The molecule has 6 rings (SSSR count). The molecule has 0 aliphatic carbocycles. The quantitative estimate of drug-likeness (QED) is 0.0982. The molecule has 1 aliphatic rings. The highest BCUT2D eigenvalue weighted by atomic mass is 32.1. The molecule has 3 heterocycles. The first-order chi connectivity index (χ1) is 30.2. The Morgan fingerprint density at radius 3 is 1.73 bits per heavy atom. The summed E-state index contributed by atoms with van der Waals surface area (Å²) in [6.45, 7) is 9.10. The fourth-order valence-corrected chi connectivity index (χ4v) is 8.52. The molecule has 2 unspecified atom stereocenters. The predicted octanol–water partition coefficient (Wildman–Crippen LogP) is 3.40. The first-order valence-electron chi connectivity index (χ1n) is 21.4. The van der Waals surface area contributed by atoms with Crippen molar-refractivity contribution >= 4 is 55.4 Å². The number of carbonyl (C=O) groups is 4. The van der Waals surface area contributed by atoms with Crippen LogP contribution in [0.15, 0.2) is 102 Å². The largest absolute Gasteiger partial charge is 0.464 e. The molecule has 62 heavy (non-hydrogen) atoms. The number of aromatic nitrogens is 1. The van der Waals surface area contributed by atoms with Gasteiger partial charge in [-0.25, -0.2) is 14.6 Å². The first-order valence-corrected chi connectivity index (χ1v) is 22.2. The molecular formula is C47H57N7O7S. The van der Waals surface area contributed by atoms with Gasteiger partial charge in [0.15, 0.2) is 5.43 Å². The zero-order valence-electron chi connectivity index (χ0n) is 35.6. The lowest BCUT2D eigenvalue weighted by Crippen LogP contribution is -2.51. The number of amides is 2. The van der Waals surface area contributed by atoms with Gasteiger partial charge in [0.2, 0.25) is 11.8 Å². The number of rotatable bonds is 16. The Kier molecular flexibility index (Phi) is 17.5. The average Bonchev–Trinajstić information content (AvgIpc) is 3.27. The van der Waals surface area contributed by atoms with Crippen molar-refractivity contribution in [2.75, 3.05) is 78.7 Å². The monoisotopic (exact) mass is 863 g/mol. The van der Waals surface area contributed by atoms with Crippen molar-refractivity contribution in [3.8, 4) is 0 Å². The van der Waals surface area contributed by atoms with Crippen molar-refractivity contribution in [2.24, 2.45) is 0 Å². The van der Waals surface area contributed by atoms with Gasteiger partial charge in [0.1, 0.15) is 16.9 Å². The van der Waals surface area contributed by atoms with Crippen LogP contribution in [0.2, 0.25) is 0 Å². The Bertz CT molecular complexity index is 2220. The van der Waals surface area contributed by atoms with Crippen LogP contribution in [0.5, 0.6) is 0 Å². The third-order valence-electron chi connectivity index (χ3n) is 10.7. The van der Waals surface area contributed by atoms with E-state index in [0.717, 1.165) is 21.4 Å². The van der Waals surface area contributed by atoms with Crippen LogP contribution >= 0.6 is 11.3 Å². The minimum absolute atomic E-state index is 0.0546. The minimum atomic E-state index is -0.825. The molecule has 14 nitrogen and oxygen atoms in total. The van der Waals surface area contributed by atoms with Gasteiger partial charge in [0.05, 0.1) is 31.7 Å². The molecule has 328 valence electrons. The molecule has 3 aromatic carbocycles. The van der Waals surface area contributed by atoms with Gasteiger partial charge >= 0.3 is 11.9 Å². The number of nitrogens with one attached hydrogen (secondary N) is 3. The standard InChI is InChI=1S/C47H57N7O7S/c1-3-60-46(58)39(29-34-12-7-5-8-13-34)50-42(55)32-52-22-20-48-21-23-53(33-43(56)51-40(47(59)61-4-2)30-35-14-9-6-10-15-35)25-27-54(26-24-52)31-36-17-18-41-38(28-36)44(57)37-16-11-19-49-45(37)62-41/h5-19,28,39-40,48H,3-4,20-27,29-33H2,1-2H3,(H,50,55)(H,51,56). The molecule has 15 heteroatoms. The maximum absolute atomic E-state index is 13.6. The van der Waals surface area contributed by atoms with Crippen molar-refractivity contribution in [3.63, 3.8) is 0 Å². The lowest BCUT2D eigenvalue weighted by molar-refractivity contribution is -0.147. The van der Waals surface area contributed by atoms with Gasteiger partial charge in [0, 0.05) is 88.0 Å². The predicted molar refractivity (Wildman–Crippen MR) is 242 cm³/mol. The number of ether oxygens (including phenoxy) is 2. The van der Waals surface area contributed by atoms with E-state index in [-0.39, 0.29) is 43.5 Å². The first kappa shape index (κ1) is 45.9. The van der Waals surface area contributed by atoms with Crippen LogP contribution in [0.3, 0.4) is 0 Å². The Morgan fingerprint density at radius 2 is 1.19 bits per heavy atom. The summed E-state index contributed by atoms with van der Waals surface area (Å²) in [7, 11) is 0. The highest BCUT2D eigenvalue weighted by Gasteiger charge is 2.26. The number of benzene rings is 3. The molecule has 5 aromatic rings. The van der Waals surface area contributed by atoms with E-state index in [1.165, 1.54) is 11.3 Å². The van der Waals surface area contributed by atoms with Gasteiger partial charge in [-0.1, -0.05) is 66.7 Å². The smallest absolute Gasteiger partial charge is 0.328 e. The normalized spacial score (nSPS) is 15.8. The maximum atomic E-state index is 13.6. The number of hydrogen-bond acceptors (Lipinski definition) is 13. The Morgan fingerprint density at radius 1 is 0.661 bits per heavy atom. The maximum Gasteiger partial charge on any atom is 0.328 e. The second-order valence-corrected chi connectivity index (χ2v) is 16.4. The van der Waals surface area contributed by atoms with Crippen LogP contribution in [-0.4, -0.2) is 134 Å². The molecule has 0 saturated carbocycles. The van der Waals surface area contributed by atoms with E-state index in [1.54, 1.807) is 32.2 Å². The van der Waals surface area contributed by atoms with Crippen molar-refractivity contribution in [1.29, 1.82) is 0 Å². The summed E-state index contributed by atoms with van der Waals surface area (Å²) in [5.74, 6) is -1.50. The molecule has 1 fully saturated rings. The molecular weight excluding hydrogens is 807 g/mol. The van der Waals surface area contributed by atoms with Gasteiger partial charge in [0.25, 0.3) is 0 Å². The lowest BCUT2D eigenvalue weighted by Gasteiger charge is -2.31. The lowest BCUT2D eigenvalue weighted by atomic mass is 10.1. The van der Waals surface area contributed by atoms with Crippen molar-refractivity contribution in [2.45, 2.75) is 45.3 Å². The number of pyridine rings is 1. The molecule has 0 radical (unpaired) electrons. The number of nitrogens with zero attached hydrogens (tertiary/aromatic N) is 4. The summed E-state index contributed by atoms with van der Waals surface area (Å²) >= 11 is 1.49. The van der Waals surface area contributed by atoms with Crippen LogP contribution in [-0.2, 0) is 48.0 Å². The number of hydrogen-bond donors (Lipinski definition) is 3. The topological polar surface area (TPSA) is 163 Å². The van der Waals surface area contributed by atoms with Crippen LogP contribution in [0.25, 0.3) is 20.3 Å². The highest BCUT2D eigenvalue weighted by molar-refractivity contribution is 7.24. The summed E-state index contributed by atoms with van der Waals surface area (Å²) in [4.78, 5) is 78.3. The number of esters is 2. The van der Waals surface area contributed by atoms with Gasteiger partial charge in [-0.3, -0.25) is 29.1 Å². The summed E-state index contributed by atoms with van der Waals surface area (Å²) in [6.07, 6.45) is 2.32. The van der Waals surface area contributed by atoms with Gasteiger partial charge in [-0.2, -0.15) is 0 Å². The van der Waals surface area contributed by atoms with Crippen LogP contribution in [0, 0.1) is 0 Å². The molecule has 0 spiro atoms. The summed E-state index contributed by atoms with van der Waals surface area (Å²) in [5, 5.41) is 10.6. The van der Waals surface area contributed by atoms with E-state index in [9.17, 15) is 24.0 Å². The van der Waals surface area contributed by atoms with Gasteiger partial charge < -0.3 is 25.4 Å². The van der Waals surface area contributed by atoms with Gasteiger partial charge in [-0.05, 0) is 54.8 Å². The number of carbonyl (C=O) groups excluding carboxylic acids is 4. The van der Waals surface area contributed by atoms with Crippen LogP contribution in [0.1, 0.15) is 30.5 Å². The van der Waals surface area contributed by atoms with E-state index < -0.39 is 24.0 Å². The van der Waals surface area contributed by atoms with Crippen molar-refractivity contribution < 1.29 is 28.7 Å². The Labute approximate surface area is 366 Å². The third kappa shape index (κ3) is 13.7. The third-order valence-corrected chi connectivity index (χ3v) is 11.8. The van der Waals surface area contributed by atoms with E-state index >= 15 is 0 Å². The second-order valence-electron chi connectivity index (χ2n) is 15.3. The van der Waals surface area contributed by atoms with E-state index in [4.69, 9.17) is 9.47 Å². The average molecular weight is 864 g/mol. The second kappa shape index (κ2) is 23.6. The molecule has 1 aliphatic heterocycles. The summed E-state index contributed by atoms with van der Waals surface area (Å²) in [6, 6.07) is 27.0. The zero-order chi connectivity index (χ0) is 43.7. The van der Waals surface area contributed by atoms with E-state index in [1.807, 2.05) is 78.9 Å². The molecule has 2 atom stereocenters. The van der Waals surface area contributed by atoms with E-state index in [0.29, 0.717) is 87.3 Å². The fraction of sp³-hybridized carbons (Fsp3) is 0.404. The highest BCUT2D eigenvalue weighted by Crippen LogP contribution is 2.24. The Balaban J connectivity index is 1.17. The molecule has 0 bridgehead atoms. The SMILES string of the molecule is CCOC(=O)C(Cc1ccccc1)NC(=O)CN1CCNCCN(CC(=O)NC(Cc2ccccc2)C(=O)OCC)CCN(Cc2ccc3sc4ncccc4c(=O)c3c2)CC1. The Hall–Kier alpha value is -5.58. The molecule has 2 amide bonds. The van der Waals surface area contributed by atoms with Crippen LogP contribution < -0.4 is 21.4 Å². The van der Waals surface area contributed by atoms with Crippen LogP contribution in [0.4, 0.5) is 0 Å². The fourth-order valence-electron chi connectivity index (χ4n) is 7.53. The van der Waals surface area contributed by atoms with Crippen molar-refractivity contribution in [3.05, 3.63) is 124 Å². The van der Waals surface area contributed by atoms with E-state index in [2.05, 4.69) is 35.6 Å². The number of fused-ring (bicyclic) bond motifs is 2. The summed E-state index contributed by atoms with van der Waals surface area (Å²) in [5.41, 5.74) is 2.74. The zero-order valence-corrected chi connectivity index (χ0v) is 36.4. The minimum Gasteiger partial charge on any atom is -0.464 e. The van der Waals surface area contributed by atoms with Crippen molar-refractivity contribution in [1.82, 2.24) is 35.6 Å². The summed E-state index contributed by atoms with van der Waals surface area (Å²) < 4.78 is 11.5. The molecule has 3 N–H and O–H groups in total. The van der Waals surface area contributed by atoms with Gasteiger partial charge in [-0.15, -0.1) is 11.3 Å². The molecule has 1 saturated heterocycles.